The predicted octanol–water partition coefficient (Wildman–Crippen LogP) is 2.33. The Bertz CT molecular complexity index is 984. The van der Waals surface area contributed by atoms with Gasteiger partial charge in [-0.2, -0.15) is 0 Å². The number of nitrogens with zero attached hydrogens (tertiary/aromatic N) is 1. The molecule has 9 heteroatoms. The van der Waals surface area contributed by atoms with Gasteiger partial charge >= 0.3 is 0 Å². The molecule has 3 aliphatic rings. The van der Waals surface area contributed by atoms with Gasteiger partial charge in [0.05, 0.1) is 24.0 Å². The molecule has 4 rings (SSSR count). The third kappa shape index (κ3) is 4.26. The van der Waals surface area contributed by atoms with E-state index in [9.17, 15) is 19.5 Å². The monoisotopic (exact) mass is 501 g/mol. The number of aliphatic hydroxyl groups is 1. The summed E-state index contributed by atoms with van der Waals surface area (Å²) in [5.41, 5.74) is -1.34. The molecule has 3 unspecified atom stereocenters. The maximum Gasteiger partial charge on any atom is 0.245 e. The van der Waals surface area contributed by atoms with Crippen LogP contribution in [0.2, 0.25) is 0 Å². The number of hydrogen-bond donors (Lipinski definition) is 3. The summed E-state index contributed by atoms with van der Waals surface area (Å²) < 4.78 is 12.1. The fraction of sp³-hybridized carbons (Fsp3) is 0.667. The molecule has 3 aliphatic heterocycles. The minimum atomic E-state index is -1.07. The van der Waals surface area contributed by atoms with Gasteiger partial charge in [-0.3, -0.25) is 14.4 Å². The van der Waals surface area contributed by atoms with Gasteiger partial charge in [0.15, 0.2) is 0 Å². The molecule has 1 aromatic rings. The number of nitrogens with one attached hydrogen (secondary N) is 2. The van der Waals surface area contributed by atoms with Gasteiger partial charge in [-0.25, -0.2) is 0 Å². The molecule has 0 radical (unpaired) electrons. The van der Waals surface area contributed by atoms with Crippen LogP contribution in [0.3, 0.4) is 0 Å². The van der Waals surface area contributed by atoms with E-state index in [2.05, 4.69) is 10.6 Å². The van der Waals surface area contributed by atoms with Gasteiger partial charge < -0.3 is 30.1 Å². The lowest BCUT2D eigenvalue weighted by Gasteiger charge is -2.36. The highest BCUT2D eigenvalue weighted by atomic mass is 16.5. The molecule has 0 saturated carbocycles. The van der Waals surface area contributed by atoms with E-state index in [1.807, 2.05) is 27.7 Å². The number of benzene rings is 1. The van der Waals surface area contributed by atoms with E-state index in [4.69, 9.17) is 9.47 Å². The Kier molecular flexibility index (Phi) is 7.61. The van der Waals surface area contributed by atoms with E-state index in [-0.39, 0.29) is 36.8 Å². The highest BCUT2D eigenvalue weighted by Gasteiger charge is 2.79. The van der Waals surface area contributed by atoms with Gasteiger partial charge in [0.1, 0.15) is 17.4 Å². The molecule has 36 heavy (non-hydrogen) atoms. The van der Waals surface area contributed by atoms with E-state index in [1.165, 1.54) is 4.90 Å². The second kappa shape index (κ2) is 10.4. The fourth-order valence-corrected chi connectivity index (χ4v) is 6.43. The number of likely N-dealkylation sites (tertiary alicyclic amines) is 1. The van der Waals surface area contributed by atoms with Crippen LogP contribution in [0.1, 0.15) is 53.4 Å². The number of fused-ring (bicyclic) bond motifs is 1. The van der Waals surface area contributed by atoms with E-state index >= 15 is 0 Å². The van der Waals surface area contributed by atoms with Crippen molar-refractivity contribution in [2.75, 3.05) is 31.6 Å². The molecule has 6 atom stereocenters. The maximum atomic E-state index is 13.8. The number of aliphatic hydroxyl groups excluding tert-OH is 1. The van der Waals surface area contributed by atoms with Gasteiger partial charge in [-0.15, -0.1) is 0 Å². The predicted molar refractivity (Wildman–Crippen MR) is 134 cm³/mol. The fourth-order valence-electron chi connectivity index (χ4n) is 6.43. The second-order valence-corrected chi connectivity index (χ2v) is 10.4. The number of carbonyl (C=O) groups is 3. The second-order valence-electron chi connectivity index (χ2n) is 10.4. The summed E-state index contributed by atoms with van der Waals surface area (Å²) in [5.74, 6) is -1.61. The summed E-state index contributed by atoms with van der Waals surface area (Å²) in [5, 5.41) is 15.4. The Morgan fingerprint density at radius 3 is 2.56 bits per heavy atom. The molecule has 1 aromatic carbocycles. The van der Waals surface area contributed by atoms with Crippen molar-refractivity contribution in [3.63, 3.8) is 0 Å². The summed E-state index contributed by atoms with van der Waals surface area (Å²) in [6.45, 7) is 9.08. The number of rotatable bonds is 11. The standard InChI is InChI=1S/C27H39N3O6/c1-5-7-13-28-24(33)22-27-16-17(3)26(4,36-27)20(21(27)25(34)30(22)14-8-15-31)23(32)29-18-9-11-19(12-10-18)35-6-2/h9-12,17,20-22,31H,5-8,13-16H2,1-4H3,(H,28,33)(H,29,32)/t17?,20-,21+,22?,26+,27?/m1/s1. The zero-order valence-corrected chi connectivity index (χ0v) is 21.7. The summed E-state index contributed by atoms with van der Waals surface area (Å²) in [6.07, 6.45) is 2.64. The lowest BCUT2D eigenvalue weighted by molar-refractivity contribution is -0.146. The van der Waals surface area contributed by atoms with Crippen molar-refractivity contribution in [1.82, 2.24) is 10.2 Å². The van der Waals surface area contributed by atoms with Crippen LogP contribution in [0.25, 0.3) is 0 Å². The van der Waals surface area contributed by atoms with Crippen molar-refractivity contribution < 1.29 is 29.0 Å². The lowest BCUT2D eigenvalue weighted by atomic mass is 9.62. The Hall–Kier alpha value is -2.65. The molecule has 1 spiro atoms. The van der Waals surface area contributed by atoms with Gasteiger partial charge in [0.25, 0.3) is 0 Å². The molecular weight excluding hydrogens is 462 g/mol. The molecule has 0 aromatic heterocycles. The third-order valence-corrected chi connectivity index (χ3v) is 8.16. The molecule has 2 bridgehead atoms. The number of anilines is 1. The zero-order valence-electron chi connectivity index (χ0n) is 21.7. The first-order valence-electron chi connectivity index (χ1n) is 13.2. The van der Waals surface area contributed by atoms with Gasteiger partial charge in [0, 0.05) is 25.4 Å². The maximum absolute atomic E-state index is 13.8. The van der Waals surface area contributed by atoms with E-state index in [0.717, 1.165) is 12.8 Å². The number of unbranched alkanes of at least 4 members (excludes halogenated alkanes) is 1. The van der Waals surface area contributed by atoms with E-state index in [0.29, 0.717) is 37.4 Å². The summed E-state index contributed by atoms with van der Waals surface area (Å²) in [6, 6.07) is 6.29. The molecule has 3 N–H and O–H groups in total. The Labute approximate surface area is 212 Å². The largest absolute Gasteiger partial charge is 0.494 e. The van der Waals surface area contributed by atoms with Crippen molar-refractivity contribution in [3.8, 4) is 5.75 Å². The van der Waals surface area contributed by atoms with Gasteiger partial charge in [-0.05, 0) is 63.3 Å². The highest BCUT2D eigenvalue weighted by molar-refractivity contribution is 6.02. The topological polar surface area (TPSA) is 117 Å². The van der Waals surface area contributed by atoms with Crippen molar-refractivity contribution in [3.05, 3.63) is 24.3 Å². The molecule has 3 saturated heterocycles. The summed E-state index contributed by atoms with van der Waals surface area (Å²) in [4.78, 5) is 42.6. The van der Waals surface area contributed by atoms with Crippen LogP contribution in [0.15, 0.2) is 24.3 Å². The summed E-state index contributed by atoms with van der Waals surface area (Å²) >= 11 is 0. The number of amides is 3. The molecule has 0 aliphatic carbocycles. The smallest absolute Gasteiger partial charge is 0.245 e. The van der Waals surface area contributed by atoms with Crippen molar-refractivity contribution in [2.24, 2.45) is 17.8 Å². The average Bonchev–Trinajstić information content (AvgIpc) is 3.36. The quantitative estimate of drug-likeness (QED) is 0.401. The molecule has 3 amide bonds. The highest BCUT2D eigenvalue weighted by Crippen LogP contribution is 2.65. The van der Waals surface area contributed by atoms with Crippen LogP contribution in [-0.2, 0) is 19.1 Å². The molecule has 3 heterocycles. The van der Waals surface area contributed by atoms with Crippen molar-refractivity contribution >= 4 is 23.4 Å². The van der Waals surface area contributed by atoms with Crippen LogP contribution < -0.4 is 15.4 Å². The third-order valence-electron chi connectivity index (χ3n) is 8.16. The van der Waals surface area contributed by atoms with Crippen LogP contribution in [0.4, 0.5) is 5.69 Å². The van der Waals surface area contributed by atoms with E-state index in [1.54, 1.807) is 24.3 Å². The minimum Gasteiger partial charge on any atom is -0.494 e. The van der Waals surface area contributed by atoms with Crippen molar-refractivity contribution in [1.29, 1.82) is 0 Å². The van der Waals surface area contributed by atoms with Crippen LogP contribution >= 0.6 is 0 Å². The first-order chi connectivity index (χ1) is 17.2. The average molecular weight is 502 g/mol. The van der Waals surface area contributed by atoms with Crippen molar-refractivity contribution in [2.45, 2.75) is 70.6 Å². The molecule has 198 valence electrons. The Morgan fingerprint density at radius 1 is 1.19 bits per heavy atom. The van der Waals surface area contributed by atoms with Crippen LogP contribution in [0, 0.1) is 17.8 Å². The number of ether oxygens (including phenoxy) is 2. The van der Waals surface area contributed by atoms with Crippen LogP contribution in [0.5, 0.6) is 5.75 Å². The Morgan fingerprint density at radius 2 is 1.92 bits per heavy atom. The zero-order chi connectivity index (χ0) is 26.1. The van der Waals surface area contributed by atoms with E-state index < -0.39 is 29.1 Å². The minimum absolute atomic E-state index is 0.0265. The summed E-state index contributed by atoms with van der Waals surface area (Å²) in [7, 11) is 0. The molecule has 3 fully saturated rings. The lowest BCUT2D eigenvalue weighted by Crippen LogP contribution is -2.56. The first kappa shape index (κ1) is 26.4. The normalized spacial score (nSPS) is 32.5. The van der Waals surface area contributed by atoms with Gasteiger partial charge in [-0.1, -0.05) is 20.3 Å². The number of carbonyl (C=O) groups excluding carboxylic acids is 3. The van der Waals surface area contributed by atoms with Crippen LogP contribution in [-0.4, -0.2) is 71.3 Å². The first-order valence-corrected chi connectivity index (χ1v) is 13.2. The number of hydrogen-bond acceptors (Lipinski definition) is 6. The SMILES string of the molecule is CCCCNC(=O)C1N(CCCO)C(=O)[C@@H]2[C@H](C(=O)Nc3ccc(OCC)cc3)[C@@]3(C)OC12CC3C. The molecular formula is C27H39N3O6. The molecule has 9 nitrogen and oxygen atoms in total. The Balaban J connectivity index is 1.65. The van der Waals surface area contributed by atoms with Gasteiger partial charge in [0.2, 0.25) is 17.7 Å².